The van der Waals surface area contributed by atoms with E-state index in [1.54, 1.807) is 31.4 Å². The number of hydrogen-bond acceptors (Lipinski definition) is 5. The highest BCUT2D eigenvalue weighted by Gasteiger charge is 2.39. The van der Waals surface area contributed by atoms with Gasteiger partial charge in [0.25, 0.3) is 0 Å². The number of anilines is 1. The van der Waals surface area contributed by atoms with Crippen LogP contribution in [0, 0.1) is 5.92 Å². The molecule has 1 saturated heterocycles. The van der Waals surface area contributed by atoms with Crippen LogP contribution in [-0.4, -0.2) is 55.8 Å². The molecule has 2 aromatic carbocycles. The molecule has 5 heteroatoms. The van der Waals surface area contributed by atoms with Crippen molar-refractivity contribution in [2.24, 2.45) is 5.92 Å². The first kappa shape index (κ1) is 19.6. The lowest BCUT2D eigenvalue weighted by Gasteiger charge is -2.42. The highest BCUT2D eigenvalue weighted by atomic mass is 16.5. The van der Waals surface area contributed by atoms with Crippen molar-refractivity contribution in [1.29, 1.82) is 0 Å². The number of hydrogen-bond donors (Lipinski definition) is 0. The van der Waals surface area contributed by atoms with E-state index in [4.69, 9.17) is 4.74 Å². The first-order valence-corrected chi connectivity index (χ1v) is 10.4. The van der Waals surface area contributed by atoms with Crippen LogP contribution in [0.3, 0.4) is 0 Å². The lowest BCUT2D eigenvalue weighted by molar-refractivity contribution is -0.129. The van der Waals surface area contributed by atoms with Crippen LogP contribution in [0.4, 0.5) is 5.69 Å². The summed E-state index contributed by atoms with van der Waals surface area (Å²) in [4.78, 5) is 30.9. The van der Waals surface area contributed by atoms with Crippen LogP contribution >= 0.6 is 0 Å². The predicted molar refractivity (Wildman–Crippen MR) is 114 cm³/mol. The summed E-state index contributed by atoms with van der Waals surface area (Å²) in [6.07, 6.45) is 2.43. The van der Waals surface area contributed by atoms with Crippen LogP contribution in [0.15, 0.2) is 54.6 Å². The molecule has 1 aliphatic heterocycles. The molecule has 0 aromatic heterocycles. The summed E-state index contributed by atoms with van der Waals surface area (Å²) in [6.45, 7) is 3.53. The number of carbonyl (C=O) groups excluding carboxylic acids is 2. The average Bonchev–Trinajstić information content (AvgIpc) is 2.79. The number of Topliss-reactive ketones (excluding diaryl/α,β-unsaturated/α-hetero) is 2. The van der Waals surface area contributed by atoms with Crippen LogP contribution < -0.4 is 9.64 Å². The van der Waals surface area contributed by atoms with Crippen molar-refractivity contribution in [1.82, 2.24) is 4.90 Å². The normalized spacial score (nSPS) is 23.1. The first-order valence-electron chi connectivity index (χ1n) is 10.4. The molecule has 4 rings (SSSR count). The Morgan fingerprint density at radius 1 is 0.931 bits per heavy atom. The number of nitrogens with zero attached hydrogens (tertiary/aromatic N) is 2. The summed E-state index contributed by atoms with van der Waals surface area (Å²) in [7, 11) is 1.60. The highest BCUT2D eigenvalue weighted by Crippen LogP contribution is 2.29. The Morgan fingerprint density at radius 2 is 1.62 bits per heavy atom. The Morgan fingerprint density at radius 3 is 2.28 bits per heavy atom. The second-order valence-electron chi connectivity index (χ2n) is 7.85. The smallest absolute Gasteiger partial charge is 0.173 e. The summed E-state index contributed by atoms with van der Waals surface area (Å²) in [5, 5.41) is 0. The second-order valence-corrected chi connectivity index (χ2v) is 7.85. The molecule has 0 spiro atoms. The standard InChI is InChI=1S/C24H28N2O3/c1-29-20-12-10-18(11-13-20)23(27)21-8-5-9-22(24(21)28)26-16-14-25(15-17-26)19-6-3-2-4-7-19/h2-4,6-7,10-13,21-22H,5,8-9,14-17H2,1H3. The average molecular weight is 392 g/mol. The first-order chi connectivity index (χ1) is 14.2. The van der Waals surface area contributed by atoms with Gasteiger partial charge in [-0.1, -0.05) is 24.6 Å². The van der Waals surface area contributed by atoms with Gasteiger partial charge in [0.15, 0.2) is 11.6 Å². The molecule has 1 heterocycles. The number of methoxy groups -OCH3 is 1. The van der Waals surface area contributed by atoms with Gasteiger partial charge in [0.05, 0.1) is 19.1 Å². The SMILES string of the molecule is COc1ccc(C(=O)C2CCCC(N3CCN(c4ccccc4)CC3)C2=O)cc1. The number of benzene rings is 2. The maximum Gasteiger partial charge on any atom is 0.173 e. The van der Waals surface area contributed by atoms with E-state index in [-0.39, 0.29) is 17.6 Å². The minimum atomic E-state index is -0.519. The quantitative estimate of drug-likeness (QED) is 0.576. The Balaban J connectivity index is 1.40. The molecule has 0 amide bonds. The molecule has 0 radical (unpaired) electrons. The van der Waals surface area contributed by atoms with Crippen molar-refractivity contribution in [2.45, 2.75) is 25.3 Å². The number of rotatable bonds is 5. The van der Waals surface area contributed by atoms with Gasteiger partial charge >= 0.3 is 0 Å². The topological polar surface area (TPSA) is 49.9 Å². The van der Waals surface area contributed by atoms with Gasteiger partial charge in [0.2, 0.25) is 0 Å². The monoisotopic (exact) mass is 392 g/mol. The fraction of sp³-hybridized carbons (Fsp3) is 0.417. The molecular formula is C24H28N2O3. The third-order valence-electron chi connectivity index (χ3n) is 6.21. The van der Waals surface area contributed by atoms with Crippen molar-refractivity contribution in [3.05, 3.63) is 60.2 Å². The Labute approximate surface area is 172 Å². The van der Waals surface area contributed by atoms with Gasteiger partial charge in [-0.25, -0.2) is 0 Å². The lowest BCUT2D eigenvalue weighted by Crippen LogP contribution is -2.55. The van der Waals surface area contributed by atoms with E-state index in [1.165, 1.54) is 5.69 Å². The molecule has 2 aromatic rings. The van der Waals surface area contributed by atoms with E-state index >= 15 is 0 Å². The molecule has 5 nitrogen and oxygen atoms in total. The Hall–Kier alpha value is -2.66. The van der Waals surface area contributed by atoms with Crippen molar-refractivity contribution >= 4 is 17.3 Å². The van der Waals surface area contributed by atoms with Crippen LogP contribution in [0.2, 0.25) is 0 Å². The molecule has 1 saturated carbocycles. The van der Waals surface area contributed by atoms with Gasteiger partial charge in [0.1, 0.15) is 5.75 Å². The summed E-state index contributed by atoms with van der Waals surface area (Å²) in [5.41, 5.74) is 1.83. The van der Waals surface area contributed by atoms with Crippen molar-refractivity contribution < 1.29 is 14.3 Å². The maximum absolute atomic E-state index is 13.2. The van der Waals surface area contributed by atoms with Crippen molar-refractivity contribution in [3.63, 3.8) is 0 Å². The van der Waals surface area contributed by atoms with Crippen LogP contribution in [0.25, 0.3) is 0 Å². The van der Waals surface area contributed by atoms with Gasteiger partial charge in [0, 0.05) is 37.4 Å². The molecule has 2 unspecified atom stereocenters. The molecule has 0 bridgehead atoms. The van der Waals surface area contributed by atoms with E-state index in [9.17, 15) is 9.59 Å². The molecule has 29 heavy (non-hydrogen) atoms. The van der Waals surface area contributed by atoms with Crippen LogP contribution in [0.1, 0.15) is 29.6 Å². The Kier molecular flexibility index (Phi) is 5.95. The van der Waals surface area contributed by atoms with Gasteiger partial charge < -0.3 is 9.64 Å². The summed E-state index contributed by atoms with van der Waals surface area (Å²) < 4.78 is 5.16. The van der Waals surface area contributed by atoms with Gasteiger partial charge in [-0.05, 0) is 49.2 Å². The Bertz CT molecular complexity index is 842. The molecule has 1 aliphatic carbocycles. The van der Waals surface area contributed by atoms with E-state index in [1.807, 2.05) is 6.07 Å². The highest BCUT2D eigenvalue weighted by molar-refractivity contribution is 6.12. The maximum atomic E-state index is 13.2. The number of carbonyl (C=O) groups is 2. The van der Waals surface area contributed by atoms with Crippen LogP contribution in [0.5, 0.6) is 5.75 Å². The van der Waals surface area contributed by atoms with Gasteiger partial charge in [-0.2, -0.15) is 0 Å². The zero-order chi connectivity index (χ0) is 20.2. The minimum Gasteiger partial charge on any atom is -0.497 e. The molecule has 2 fully saturated rings. The number of piperazine rings is 1. The predicted octanol–water partition coefficient (Wildman–Crippen LogP) is 3.44. The third-order valence-corrected chi connectivity index (χ3v) is 6.21. The number of ether oxygens (including phenoxy) is 1. The second kappa shape index (κ2) is 8.78. The van der Waals surface area contributed by atoms with E-state index in [2.05, 4.69) is 34.1 Å². The molecule has 2 aliphatic rings. The van der Waals surface area contributed by atoms with E-state index in [0.29, 0.717) is 17.7 Å². The van der Waals surface area contributed by atoms with Crippen molar-refractivity contribution in [3.8, 4) is 5.75 Å². The van der Waals surface area contributed by atoms with Gasteiger partial charge in [-0.3, -0.25) is 14.5 Å². The largest absolute Gasteiger partial charge is 0.497 e. The number of para-hydroxylation sites is 1. The molecule has 152 valence electrons. The van der Waals surface area contributed by atoms with Crippen LogP contribution in [-0.2, 0) is 4.79 Å². The van der Waals surface area contributed by atoms with Crippen molar-refractivity contribution in [2.75, 3.05) is 38.2 Å². The fourth-order valence-corrected chi connectivity index (χ4v) is 4.54. The minimum absolute atomic E-state index is 0.0507. The van der Waals surface area contributed by atoms with E-state index in [0.717, 1.165) is 39.0 Å². The lowest BCUT2D eigenvalue weighted by atomic mass is 9.79. The molecule has 0 N–H and O–H groups in total. The fourth-order valence-electron chi connectivity index (χ4n) is 4.54. The summed E-state index contributed by atoms with van der Waals surface area (Å²) in [6, 6.07) is 17.4. The van der Waals surface area contributed by atoms with E-state index < -0.39 is 5.92 Å². The zero-order valence-electron chi connectivity index (χ0n) is 16.9. The summed E-state index contributed by atoms with van der Waals surface area (Å²) >= 11 is 0. The zero-order valence-corrected chi connectivity index (χ0v) is 16.9. The molecule has 2 atom stereocenters. The number of ketones is 2. The third kappa shape index (κ3) is 4.20. The summed E-state index contributed by atoms with van der Waals surface area (Å²) in [5.74, 6) is 0.246. The molecular weight excluding hydrogens is 364 g/mol. The van der Waals surface area contributed by atoms with Gasteiger partial charge in [-0.15, -0.1) is 0 Å².